The molecule has 0 atom stereocenters. The Bertz CT molecular complexity index is 339. The summed E-state index contributed by atoms with van der Waals surface area (Å²) in [6, 6.07) is 5.44. The van der Waals surface area contributed by atoms with Crippen molar-refractivity contribution < 1.29 is 9.53 Å². The van der Waals surface area contributed by atoms with Gasteiger partial charge in [0.05, 0.1) is 12.2 Å². The van der Waals surface area contributed by atoms with Gasteiger partial charge in [-0.1, -0.05) is 12.1 Å². The smallest absolute Gasteiger partial charge is 0.339 e. The quantitative estimate of drug-likeness (QED) is 0.625. The van der Waals surface area contributed by atoms with E-state index in [1.165, 1.54) is 0 Å². The first kappa shape index (κ1) is 11.5. The largest absolute Gasteiger partial charge is 0.462 e. The van der Waals surface area contributed by atoms with Crippen LogP contribution in [0.1, 0.15) is 22.8 Å². The highest BCUT2D eigenvalue weighted by Crippen LogP contribution is 2.22. The maximum atomic E-state index is 11.5. The molecular formula is C10H10BrClO2. The molecule has 0 aromatic heterocycles. The molecule has 0 aliphatic rings. The number of esters is 1. The van der Waals surface area contributed by atoms with Crippen LogP contribution >= 0.6 is 27.5 Å². The van der Waals surface area contributed by atoms with Gasteiger partial charge in [0.25, 0.3) is 0 Å². The monoisotopic (exact) mass is 276 g/mol. The predicted octanol–water partition coefficient (Wildman–Crippen LogP) is 3.36. The normalized spacial score (nSPS) is 9.93. The van der Waals surface area contributed by atoms with Crippen LogP contribution in [-0.2, 0) is 10.6 Å². The second-order valence-electron chi connectivity index (χ2n) is 2.63. The van der Waals surface area contributed by atoms with Gasteiger partial charge in [-0.2, -0.15) is 0 Å². The maximum Gasteiger partial charge on any atom is 0.339 e. The number of carbonyl (C=O) groups excluding carboxylic acids is 1. The Labute approximate surface area is 96.3 Å². The SMILES string of the molecule is CCOC(=O)c1c(Br)cccc1CCl. The van der Waals surface area contributed by atoms with Crippen molar-refractivity contribution in [3.05, 3.63) is 33.8 Å². The molecule has 0 aliphatic heterocycles. The Morgan fingerprint density at radius 2 is 2.29 bits per heavy atom. The topological polar surface area (TPSA) is 26.3 Å². The Hall–Kier alpha value is -0.540. The number of carbonyl (C=O) groups is 1. The van der Waals surface area contributed by atoms with E-state index < -0.39 is 0 Å². The Kier molecular flexibility index (Phi) is 4.42. The summed E-state index contributed by atoms with van der Waals surface area (Å²) in [5, 5.41) is 0. The van der Waals surface area contributed by atoms with Crippen LogP contribution in [0.5, 0.6) is 0 Å². The van der Waals surface area contributed by atoms with Crippen molar-refractivity contribution in [3.63, 3.8) is 0 Å². The van der Waals surface area contributed by atoms with Crippen LogP contribution in [0.3, 0.4) is 0 Å². The molecular weight excluding hydrogens is 267 g/mol. The number of alkyl halides is 1. The lowest BCUT2D eigenvalue weighted by atomic mass is 10.1. The lowest BCUT2D eigenvalue weighted by Gasteiger charge is -2.08. The van der Waals surface area contributed by atoms with Crippen molar-refractivity contribution in [2.45, 2.75) is 12.8 Å². The fourth-order valence-corrected chi connectivity index (χ4v) is 1.90. The molecule has 0 spiro atoms. The number of halogens is 2. The third kappa shape index (κ3) is 2.49. The van der Waals surface area contributed by atoms with E-state index >= 15 is 0 Å². The summed E-state index contributed by atoms with van der Waals surface area (Å²) in [4.78, 5) is 11.5. The Morgan fingerprint density at radius 1 is 1.57 bits per heavy atom. The summed E-state index contributed by atoms with van der Waals surface area (Å²) in [7, 11) is 0. The fraction of sp³-hybridized carbons (Fsp3) is 0.300. The molecule has 0 N–H and O–H groups in total. The molecule has 14 heavy (non-hydrogen) atoms. The zero-order valence-electron chi connectivity index (χ0n) is 7.72. The first-order valence-electron chi connectivity index (χ1n) is 4.21. The Morgan fingerprint density at radius 3 is 2.86 bits per heavy atom. The highest BCUT2D eigenvalue weighted by molar-refractivity contribution is 9.10. The summed E-state index contributed by atoms with van der Waals surface area (Å²) >= 11 is 9.02. The molecule has 0 saturated heterocycles. The van der Waals surface area contributed by atoms with Crippen molar-refractivity contribution in [2.24, 2.45) is 0 Å². The third-order valence-corrected chi connectivity index (χ3v) is 2.67. The van der Waals surface area contributed by atoms with E-state index in [0.717, 1.165) is 5.56 Å². The van der Waals surface area contributed by atoms with E-state index in [1.54, 1.807) is 13.0 Å². The third-order valence-electron chi connectivity index (χ3n) is 1.72. The molecule has 1 aromatic rings. The second kappa shape index (κ2) is 5.37. The highest BCUT2D eigenvalue weighted by Gasteiger charge is 2.15. The standard InChI is InChI=1S/C10H10BrClO2/c1-2-14-10(13)9-7(6-12)4-3-5-8(9)11/h3-5H,2,6H2,1H3. The predicted molar refractivity (Wildman–Crippen MR) is 59.7 cm³/mol. The second-order valence-corrected chi connectivity index (χ2v) is 3.75. The number of ether oxygens (including phenoxy) is 1. The number of benzene rings is 1. The van der Waals surface area contributed by atoms with E-state index in [-0.39, 0.29) is 5.97 Å². The minimum Gasteiger partial charge on any atom is -0.462 e. The number of hydrogen-bond donors (Lipinski definition) is 0. The fourth-order valence-electron chi connectivity index (χ4n) is 1.11. The van der Waals surface area contributed by atoms with E-state index in [9.17, 15) is 4.79 Å². The van der Waals surface area contributed by atoms with Crippen LogP contribution in [0.15, 0.2) is 22.7 Å². The molecule has 4 heteroatoms. The maximum absolute atomic E-state index is 11.5. The lowest BCUT2D eigenvalue weighted by molar-refractivity contribution is 0.0524. The summed E-state index contributed by atoms with van der Waals surface area (Å²) in [5.41, 5.74) is 1.30. The van der Waals surface area contributed by atoms with Crippen LogP contribution in [-0.4, -0.2) is 12.6 Å². The molecule has 0 fully saturated rings. The first-order valence-corrected chi connectivity index (χ1v) is 5.54. The zero-order chi connectivity index (χ0) is 10.6. The minimum absolute atomic E-state index is 0.299. The van der Waals surface area contributed by atoms with Gasteiger partial charge in [-0.25, -0.2) is 4.79 Å². The molecule has 1 rings (SSSR count). The van der Waals surface area contributed by atoms with Crippen LogP contribution in [0.4, 0.5) is 0 Å². The van der Waals surface area contributed by atoms with Gasteiger partial charge in [0.2, 0.25) is 0 Å². The van der Waals surface area contributed by atoms with Gasteiger partial charge in [-0.05, 0) is 34.5 Å². The molecule has 0 radical (unpaired) electrons. The first-order chi connectivity index (χ1) is 6.70. The molecule has 0 bridgehead atoms. The van der Waals surface area contributed by atoms with Gasteiger partial charge in [-0.3, -0.25) is 0 Å². The average molecular weight is 278 g/mol. The van der Waals surface area contributed by atoms with Gasteiger partial charge < -0.3 is 4.74 Å². The van der Waals surface area contributed by atoms with Gasteiger partial charge in [-0.15, -0.1) is 11.6 Å². The van der Waals surface area contributed by atoms with Crippen LogP contribution in [0.2, 0.25) is 0 Å². The molecule has 2 nitrogen and oxygen atoms in total. The van der Waals surface area contributed by atoms with Gasteiger partial charge >= 0.3 is 5.97 Å². The van der Waals surface area contributed by atoms with E-state index in [2.05, 4.69) is 15.9 Å². The minimum atomic E-state index is -0.337. The van der Waals surface area contributed by atoms with Crippen molar-refractivity contribution in [1.29, 1.82) is 0 Å². The number of rotatable bonds is 3. The molecule has 0 unspecified atom stereocenters. The van der Waals surface area contributed by atoms with Gasteiger partial charge in [0.1, 0.15) is 0 Å². The van der Waals surface area contributed by atoms with Gasteiger partial charge in [0, 0.05) is 10.4 Å². The average Bonchev–Trinajstić information content (AvgIpc) is 2.17. The summed E-state index contributed by atoms with van der Waals surface area (Å²) < 4.78 is 5.64. The zero-order valence-corrected chi connectivity index (χ0v) is 10.1. The van der Waals surface area contributed by atoms with Crippen LogP contribution < -0.4 is 0 Å². The molecule has 0 saturated carbocycles. The van der Waals surface area contributed by atoms with Crippen molar-refractivity contribution in [3.8, 4) is 0 Å². The van der Waals surface area contributed by atoms with E-state index in [4.69, 9.17) is 16.3 Å². The van der Waals surface area contributed by atoms with Crippen LogP contribution in [0.25, 0.3) is 0 Å². The molecule has 0 heterocycles. The van der Waals surface area contributed by atoms with Gasteiger partial charge in [0.15, 0.2) is 0 Å². The number of hydrogen-bond acceptors (Lipinski definition) is 2. The lowest BCUT2D eigenvalue weighted by Crippen LogP contribution is -2.08. The van der Waals surface area contributed by atoms with Crippen molar-refractivity contribution in [2.75, 3.05) is 6.61 Å². The Balaban J connectivity index is 3.10. The molecule has 1 aromatic carbocycles. The summed E-state index contributed by atoms with van der Waals surface area (Å²) in [6.45, 7) is 2.14. The molecule has 0 aliphatic carbocycles. The van der Waals surface area contributed by atoms with Crippen molar-refractivity contribution in [1.82, 2.24) is 0 Å². The molecule has 0 amide bonds. The highest BCUT2D eigenvalue weighted by atomic mass is 79.9. The van der Waals surface area contributed by atoms with E-state index in [1.807, 2.05) is 12.1 Å². The van der Waals surface area contributed by atoms with Crippen LogP contribution in [0, 0.1) is 0 Å². The molecule has 76 valence electrons. The van der Waals surface area contributed by atoms with Crippen molar-refractivity contribution >= 4 is 33.5 Å². The van der Waals surface area contributed by atoms with E-state index in [0.29, 0.717) is 22.5 Å². The summed E-state index contributed by atoms with van der Waals surface area (Å²) in [6.07, 6.45) is 0. The summed E-state index contributed by atoms with van der Waals surface area (Å²) in [5.74, 6) is -0.0382.